The SMILES string of the molecule is Cc1sc(N2CCOCC2)nc1-c1ccc2c(c1)CCC2. The number of nitrogens with zero attached hydrogens (tertiary/aromatic N) is 2. The third-order valence-corrected chi connectivity index (χ3v) is 5.47. The molecule has 2 aromatic rings. The second-order valence-corrected chi connectivity index (χ2v) is 7.02. The molecule has 3 nitrogen and oxygen atoms in total. The van der Waals surface area contributed by atoms with Crippen LogP contribution in [0.25, 0.3) is 11.3 Å². The van der Waals surface area contributed by atoms with Gasteiger partial charge in [-0.2, -0.15) is 0 Å². The van der Waals surface area contributed by atoms with Gasteiger partial charge in [0, 0.05) is 23.5 Å². The van der Waals surface area contributed by atoms with Gasteiger partial charge >= 0.3 is 0 Å². The number of aromatic nitrogens is 1. The summed E-state index contributed by atoms with van der Waals surface area (Å²) in [7, 11) is 0. The van der Waals surface area contributed by atoms with Gasteiger partial charge in [-0.25, -0.2) is 4.98 Å². The Morgan fingerprint density at radius 3 is 2.81 bits per heavy atom. The lowest BCUT2D eigenvalue weighted by Gasteiger charge is -2.26. The van der Waals surface area contributed by atoms with Gasteiger partial charge in [0.2, 0.25) is 0 Å². The van der Waals surface area contributed by atoms with Crippen molar-refractivity contribution in [3.8, 4) is 11.3 Å². The van der Waals surface area contributed by atoms with Crippen LogP contribution in [0.2, 0.25) is 0 Å². The number of thiazole rings is 1. The minimum Gasteiger partial charge on any atom is -0.378 e. The number of hydrogen-bond donors (Lipinski definition) is 0. The zero-order valence-corrected chi connectivity index (χ0v) is 13.2. The zero-order valence-electron chi connectivity index (χ0n) is 12.4. The maximum Gasteiger partial charge on any atom is 0.186 e. The van der Waals surface area contributed by atoms with E-state index in [0.717, 1.165) is 37.1 Å². The average molecular weight is 300 g/mol. The molecule has 0 atom stereocenters. The van der Waals surface area contributed by atoms with Gasteiger partial charge in [0.25, 0.3) is 0 Å². The summed E-state index contributed by atoms with van der Waals surface area (Å²) >= 11 is 1.81. The van der Waals surface area contributed by atoms with Crippen molar-refractivity contribution < 1.29 is 4.74 Å². The van der Waals surface area contributed by atoms with Crippen LogP contribution in [0.3, 0.4) is 0 Å². The molecule has 1 saturated heterocycles. The van der Waals surface area contributed by atoms with Gasteiger partial charge in [-0.3, -0.25) is 0 Å². The molecule has 0 amide bonds. The smallest absolute Gasteiger partial charge is 0.186 e. The summed E-state index contributed by atoms with van der Waals surface area (Å²) in [4.78, 5) is 8.58. The van der Waals surface area contributed by atoms with Gasteiger partial charge in [-0.05, 0) is 43.4 Å². The molecule has 0 saturated carbocycles. The van der Waals surface area contributed by atoms with Crippen molar-refractivity contribution in [3.63, 3.8) is 0 Å². The fraction of sp³-hybridized carbons (Fsp3) is 0.471. The normalized spacial score (nSPS) is 18.0. The van der Waals surface area contributed by atoms with Crippen molar-refractivity contribution in [2.45, 2.75) is 26.2 Å². The van der Waals surface area contributed by atoms with E-state index in [4.69, 9.17) is 9.72 Å². The molecular formula is C17H20N2OS. The molecule has 1 aromatic heterocycles. The summed E-state index contributed by atoms with van der Waals surface area (Å²) in [6, 6.07) is 6.90. The second kappa shape index (κ2) is 5.43. The third-order valence-electron chi connectivity index (χ3n) is 4.44. The summed E-state index contributed by atoms with van der Waals surface area (Å²) in [5.41, 5.74) is 5.49. The number of benzene rings is 1. The molecule has 2 heterocycles. The largest absolute Gasteiger partial charge is 0.378 e. The maximum atomic E-state index is 5.43. The topological polar surface area (TPSA) is 25.4 Å². The third kappa shape index (κ3) is 2.47. The predicted octanol–water partition coefficient (Wildman–Crippen LogP) is 3.44. The molecule has 0 N–H and O–H groups in total. The summed E-state index contributed by atoms with van der Waals surface area (Å²) < 4.78 is 5.43. The number of fused-ring (bicyclic) bond motifs is 1. The van der Waals surface area contributed by atoms with Crippen LogP contribution >= 0.6 is 11.3 Å². The molecule has 1 aromatic carbocycles. The summed E-state index contributed by atoms with van der Waals surface area (Å²) in [5, 5.41) is 1.14. The number of anilines is 1. The van der Waals surface area contributed by atoms with Crippen LogP contribution in [-0.4, -0.2) is 31.3 Å². The Balaban J connectivity index is 1.67. The van der Waals surface area contributed by atoms with E-state index in [1.807, 2.05) is 11.3 Å². The van der Waals surface area contributed by atoms with E-state index in [9.17, 15) is 0 Å². The number of morpholine rings is 1. The fourth-order valence-electron chi connectivity index (χ4n) is 3.26. The summed E-state index contributed by atoms with van der Waals surface area (Å²) in [6.07, 6.45) is 3.77. The molecule has 1 aliphatic carbocycles. The number of rotatable bonds is 2. The summed E-state index contributed by atoms with van der Waals surface area (Å²) in [5.74, 6) is 0. The first kappa shape index (κ1) is 13.3. The molecule has 21 heavy (non-hydrogen) atoms. The molecule has 1 aliphatic heterocycles. The van der Waals surface area contributed by atoms with Crippen molar-refractivity contribution in [1.29, 1.82) is 0 Å². The Bertz CT molecular complexity index is 659. The molecule has 2 aliphatic rings. The lowest BCUT2D eigenvalue weighted by molar-refractivity contribution is 0.122. The van der Waals surface area contributed by atoms with Crippen molar-refractivity contribution in [2.75, 3.05) is 31.2 Å². The van der Waals surface area contributed by atoms with E-state index < -0.39 is 0 Å². The first-order valence-corrected chi connectivity index (χ1v) is 8.55. The standard InChI is InChI=1S/C17H20N2OS/c1-12-16(15-6-5-13-3-2-4-14(13)11-15)18-17(21-12)19-7-9-20-10-8-19/h5-6,11H,2-4,7-10H2,1H3. The number of hydrogen-bond acceptors (Lipinski definition) is 4. The van der Waals surface area contributed by atoms with Crippen LogP contribution in [-0.2, 0) is 17.6 Å². The minimum absolute atomic E-state index is 0.812. The van der Waals surface area contributed by atoms with Gasteiger partial charge in [0.05, 0.1) is 18.9 Å². The summed E-state index contributed by atoms with van der Waals surface area (Å²) in [6.45, 7) is 5.72. The van der Waals surface area contributed by atoms with E-state index >= 15 is 0 Å². The van der Waals surface area contributed by atoms with Crippen LogP contribution < -0.4 is 4.90 Å². The first-order valence-electron chi connectivity index (χ1n) is 7.73. The van der Waals surface area contributed by atoms with Crippen LogP contribution in [0.5, 0.6) is 0 Å². The van der Waals surface area contributed by atoms with Gasteiger partial charge < -0.3 is 9.64 Å². The Hall–Kier alpha value is -1.39. The van der Waals surface area contributed by atoms with Gasteiger partial charge in [0.15, 0.2) is 5.13 Å². The van der Waals surface area contributed by atoms with Crippen molar-refractivity contribution in [2.24, 2.45) is 0 Å². The number of aryl methyl sites for hydroxylation is 3. The molecule has 110 valence electrons. The van der Waals surface area contributed by atoms with Crippen LogP contribution in [0.1, 0.15) is 22.4 Å². The first-order chi connectivity index (χ1) is 10.3. The van der Waals surface area contributed by atoms with Gasteiger partial charge in [-0.15, -0.1) is 11.3 Å². The van der Waals surface area contributed by atoms with Crippen molar-refractivity contribution in [1.82, 2.24) is 4.98 Å². The van der Waals surface area contributed by atoms with Crippen molar-refractivity contribution in [3.05, 3.63) is 34.2 Å². The van der Waals surface area contributed by atoms with E-state index in [0.29, 0.717) is 0 Å². The molecule has 0 radical (unpaired) electrons. The van der Waals surface area contributed by atoms with Crippen LogP contribution in [0, 0.1) is 6.92 Å². The monoisotopic (exact) mass is 300 g/mol. The van der Waals surface area contributed by atoms with Crippen LogP contribution in [0.15, 0.2) is 18.2 Å². The van der Waals surface area contributed by atoms with Gasteiger partial charge in [0.1, 0.15) is 0 Å². The molecule has 4 heteroatoms. The fourth-order valence-corrected chi connectivity index (χ4v) is 4.24. The molecule has 0 spiro atoms. The molecule has 1 fully saturated rings. The second-order valence-electron chi connectivity index (χ2n) is 5.84. The Labute approximate surface area is 129 Å². The lowest BCUT2D eigenvalue weighted by Crippen LogP contribution is -2.36. The molecule has 4 rings (SSSR count). The highest BCUT2D eigenvalue weighted by atomic mass is 32.1. The van der Waals surface area contributed by atoms with E-state index in [-0.39, 0.29) is 0 Å². The van der Waals surface area contributed by atoms with Crippen LogP contribution in [0.4, 0.5) is 5.13 Å². The molecule has 0 bridgehead atoms. The maximum absolute atomic E-state index is 5.43. The Morgan fingerprint density at radius 2 is 1.95 bits per heavy atom. The molecule has 0 unspecified atom stereocenters. The predicted molar refractivity (Wildman–Crippen MR) is 87.3 cm³/mol. The minimum atomic E-state index is 0.812. The Kier molecular flexibility index (Phi) is 3.43. The van der Waals surface area contributed by atoms with E-state index in [1.54, 1.807) is 0 Å². The highest BCUT2D eigenvalue weighted by molar-refractivity contribution is 7.16. The van der Waals surface area contributed by atoms with E-state index in [1.165, 1.54) is 40.8 Å². The Morgan fingerprint density at radius 1 is 1.14 bits per heavy atom. The number of ether oxygens (including phenoxy) is 1. The zero-order chi connectivity index (χ0) is 14.2. The van der Waals surface area contributed by atoms with Gasteiger partial charge in [-0.1, -0.05) is 12.1 Å². The molecular weight excluding hydrogens is 280 g/mol. The van der Waals surface area contributed by atoms with E-state index in [2.05, 4.69) is 30.0 Å². The highest BCUT2D eigenvalue weighted by Gasteiger charge is 2.19. The van der Waals surface area contributed by atoms with Crippen molar-refractivity contribution >= 4 is 16.5 Å². The quantitative estimate of drug-likeness (QED) is 0.849. The lowest BCUT2D eigenvalue weighted by atomic mass is 10.0. The average Bonchev–Trinajstić information content (AvgIpc) is 3.13. The highest BCUT2D eigenvalue weighted by Crippen LogP contribution is 2.34.